The van der Waals surface area contributed by atoms with Gasteiger partial charge in [-0.1, -0.05) is 46.3 Å². The van der Waals surface area contributed by atoms with Gasteiger partial charge in [0.1, 0.15) is 5.75 Å². The van der Waals surface area contributed by atoms with Crippen LogP contribution in [0.4, 0.5) is 13.2 Å². The van der Waals surface area contributed by atoms with Crippen LogP contribution >= 0.6 is 15.9 Å². The highest BCUT2D eigenvalue weighted by molar-refractivity contribution is 9.10. The maximum Gasteiger partial charge on any atom is 0.430 e. The number of halogens is 4. The quantitative estimate of drug-likeness (QED) is 0.111. The molecule has 1 aliphatic heterocycles. The number of nitrogens with one attached hydrogen (secondary N) is 1. The summed E-state index contributed by atoms with van der Waals surface area (Å²) in [4.78, 5) is 15.8. The lowest BCUT2D eigenvalue weighted by Crippen LogP contribution is -2.42. The number of nitrogens with two attached hydrogens (primary N) is 1. The van der Waals surface area contributed by atoms with Crippen LogP contribution in [0.15, 0.2) is 52.5 Å². The average molecular weight is 629 g/mol. The van der Waals surface area contributed by atoms with Gasteiger partial charge in [-0.25, -0.2) is 21.8 Å². The smallest absolute Gasteiger partial charge is 0.430 e. The minimum Gasteiger partial charge on any atom is -0.475 e. The number of quaternary nitrogens is 1. The highest BCUT2D eigenvalue weighted by Crippen LogP contribution is 2.42. The van der Waals surface area contributed by atoms with E-state index in [-0.39, 0.29) is 22.7 Å². The highest BCUT2D eigenvalue weighted by Gasteiger charge is 2.50. The second kappa shape index (κ2) is 15.8. The predicted octanol–water partition coefficient (Wildman–Crippen LogP) is 0.0609. The molecule has 1 heterocycles. The van der Waals surface area contributed by atoms with Crippen LogP contribution in [0.2, 0.25) is 0 Å². The zero-order valence-electron chi connectivity index (χ0n) is 20.6. The van der Waals surface area contributed by atoms with E-state index in [2.05, 4.69) is 54.7 Å². The van der Waals surface area contributed by atoms with Gasteiger partial charge in [0.05, 0.1) is 17.7 Å². The summed E-state index contributed by atoms with van der Waals surface area (Å²) in [5.74, 6) is 1.37. The molecular formula is C23H30BrF3N3O9+. The molecule has 2 atom stereocenters. The van der Waals surface area contributed by atoms with Gasteiger partial charge in [-0.3, -0.25) is 4.84 Å². The van der Waals surface area contributed by atoms with Gasteiger partial charge in [0.15, 0.2) is 0 Å². The number of benzene rings is 2. The zero-order valence-corrected chi connectivity index (χ0v) is 22.1. The number of alkyl halides is 3. The lowest BCUT2D eigenvalue weighted by molar-refractivity contribution is -0.670. The molecule has 3 rings (SSSR count). The summed E-state index contributed by atoms with van der Waals surface area (Å²) >= 11 is 2.99. The molecule has 2 unspecified atom stereocenters. The summed E-state index contributed by atoms with van der Waals surface area (Å²) < 4.78 is 49.1. The molecule has 0 saturated carbocycles. The monoisotopic (exact) mass is 628 g/mol. The minimum atomic E-state index is -5.04. The Morgan fingerprint density at radius 2 is 1.82 bits per heavy atom. The van der Waals surface area contributed by atoms with E-state index in [1.807, 2.05) is 25.2 Å². The van der Waals surface area contributed by atoms with Gasteiger partial charge in [-0.15, -0.1) is 0 Å². The Kier molecular flexibility index (Phi) is 14.0. The van der Waals surface area contributed by atoms with Crippen molar-refractivity contribution >= 4 is 28.0 Å². The van der Waals surface area contributed by atoms with Gasteiger partial charge in [-0.05, 0) is 37.2 Å². The second-order valence-electron chi connectivity index (χ2n) is 7.72. The van der Waals surface area contributed by atoms with E-state index >= 15 is 0 Å². The first kappa shape index (κ1) is 34.4. The average Bonchev–Trinajstić information content (AvgIpc) is 2.90. The van der Waals surface area contributed by atoms with Crippen molar-refractivity contribution < 1.29 is 63.8 Å². The van der Waals surface area contributed by atoms with Crippen LogP contribution in [0.3, 0.4) is 0 Å². The third kappa shape index (κ3) is 10.5. The number of carbonyl (C=O) groups is 1. The number of rotatable bonds is 8. The first-order valence-corrected chi connectivity index (χ1v) is 11.7. The highest BCUT2D eigenvalue weighted by atomic mass is 79.9. The molecule has 11 N–H and O–H groups in total. The van der Waals surface area contributed by atoms with Crippen molar-refractivity contribution in [1.82, 2.24) is 5.32 Å². The number of hydrogen-bond acceptors (Lipinski definition) is 11. The van der Waals surface area contributed by atoms with Gasteiger partial charge >= 0.3 is 18.1 Å². The van der Waals surface area contributed by atoms with E-state index in [9.17, 15) is 33.3 Å². The Morgan fingerprint density at radius 1 is 1.21 bits per heavy atom. The molecule has 12 nitrogen and oxygen atoms in total. The van der Waals surface area contributed by atoms with Crippen LogP contribution in [-0.2, 0) is 26.8 Å². The molecule has 0 saturated heterocycles. The molecule has 0 aliphatic carbocycles. The molecule has 0 spiro atoms. The van der Waals surface area contributed by atoms with Crippen LogP contribution in [0.25, 0.3) is 6.08 Å². The van der Waals surface area contributed by atoms with E-state index in [0.717, 1.165) is 18.6 Å². The van der Waals surface area contributed by atoms with Crippen molar-refractivity contribution in [3.8, 4) is 5.75 Å². The molecule has 0 fully saturated rings. The fourth-order valence-corrected chi connectivity index (χ4v) is 3.74. The molecule has 0 aromatic heterocycles. The Hall–Kier alpha value is -2.64. The second-order valence-corrected chi connectivity index (χ2v) is 8.64. The summed E-state index contributed by atoms with van der Waals surface area (Å²) in [5, 5.41) is 46.7. The van der Waals surface area contributed by atoms with Crippen LogP contribution in [0.5, 0.6) is 5.75 Å². The van der Waals surface area contributed by atoms with Crippen molar-refractivity contribution in [2.24, 2.45) is 5.90 Å². The number of carbonyl (C=O) groups excluding carboxylic acids is 1. The molecule has 0 radical (unpaired) electrons. The van der Waals surface area contributed by atoms with Gasteiger partial charge in [0.2, 0.25) is 12.9 Å². The van der Waals surface area contributed by atoms with E-state index in [0.29, 0.717) is 0 Å². The van der Waals surface area contributed by atoms with Crippen LogP contribution in [0, 0.1) is 0 Å². The standard InChI is InChI=1S/C13H11BrF3NO7.C10H15NO.H4NO/c14-6-1-5-2-7(11(19)23-4-24-18)10(12(15,16)17)25-9(5)8(3-6)13(20,21)22;1-11-10(8-12)7-9-5-3-2-4-6-9;1-2/h1-3,10,20-22H,4,18H2;2-6,10-12H,7-8H2,1H3;2H,1H3/q;;+1. The lowest BCUT2D eigenvalue weighted by Gasteiger charge is -2.30. The summed E-state index contributed by atoms with van der Waals surface area (Å²) in [7, 11) is 1.86. The third-order valence-corrected chi connectivity index (χ3v) is 5.48. The molecule has 2 aromatic carbocycles. The zero-order chi connectivity index (χ0) is 29.8. The normalized spacial score (nSPS) is 15.3. The number of likely N-dealkylation sites (N-methyl/N-ethyl adjacent to an activating group) is 1. The van der Waals surface area contributed by atoms with Crippen LogP contribution in [-0.4, -0.2) is 70.4 Å². The molecular weight excluding hydrogens is 599 g/mol. The summed E-state index contributed by atoms with van der Waals surface area (Å²) in [6.07, 6.45) is -6.14. The van der Waals surface area contributed by atoms with Gasteiger partial charge < -0.3 is 35.2 Å². The van der Waals surface area contributed by atoms with Crippen molar-refractivity contribution in [2.45, 2.75) is 30.7 Å². The number of esters is 1. The van der Waals surface area contributed by atoms with Crippen molar-refractivity contribution in [2.75, 3.05) is 20.4 Å². The van der Waals surface area contributed by atoms with E-state index in [1.165, 1.54) is 11.6 Å². The number of aliphatic hydroxyl groups excluding tert-OH is 1. The predicted molar refractivity (Wildman–Crippen MR) is 132 cm³/mol. The fourth-order valence-electron chi connectivity index (χ4n) is 3.26. The fraction of sp³-hybridized carbons (Fsp3) is 0.348. The Labute approximate surface area is 229 Å². The maximum absolute atomic E-state index is 13.2. The Morgan fingerprint density at radius 3 is 2.31 bits per heavy atom. The van der Waals surface area contributed by atoms with Crippen LogP contribution in [0.1, 0.15) is 16.7 Å². The first-order chi connectivity index (χ1) is 18.3. The molecule has 2 aromatic rings. The van der Waals surface area contributed by atoms with Crippen molar-refractivity contribution in [3.63, 3.8) is 0 Å². The topological polar surface area (TPSA) is 212 Å². The van der Waals surface area contributed by atoms with E-state index < -0.39 is 47.9 Å². The van der Waals surface area contributed by atoms with Crippen molar-refractivity contribution in [3.05, 3.63) is 69.2 Å². The molecule has 1 aliphatic rings. The van der Waals surface area contributed by atoms with E-state index in [1.54, 1.807) is 0 Å². The summed E-state index contributed by atoms with van der Waals surface area (Å²) in [6.45, 7) is -0.601. The number of aliphatic hydroxyl groups is 4. The number of ether oxygens (including phenoxy) is 2. The molecule has 0 bridgehead atoms. The van der Waals surface area contributed by atoms with Gasteiger partial charge in [-0.2, -0.15) is 13.2 Å². The number of fused-ring (bicyclic) bond motifs is 1. The first-order valence-electron chi connectivity index (χ1n) is 10.9. The van der Waals surface area contributed by atoms with Crippen molar-refractivity contribution in [1.29, 1.82) is 0 Å². The lowest BCUT2D eigenvalue weighted by atomic mass is 9.98. The summed E-state index contributed by atoms with van der Waals surface area (Å²) in [6, 6.07) is 12.5. The Bertz CT molecular complexity index is 1080. The van der Waals surface area contributed by atoms with E-state index in [4.69, 9.17) is 15.1 Å². The van der Waals surface area contributed by atoms with Gasteiger partial charge in [0.25, 0.3) is 0 Å². The maximum atomic E-state index is 13.2. The molecule has 16 heteroatoms. The SMILES string of the molecule is CNC(CO)Cc1ccccc1.NOCOC(=O)C1=Cc2cc(Br)cc(C(O)(O)O)c2OC1C(F)(F)F.[NH3+]O. The van der Waals surface area contributed by atoms with Gasteiger partial charge in [0, 0.05) is 16.1 Å². The Balaban J connectivity index is 0.000000454. The largest absolute Gasteiger partial charge is 0.475 e. The molecule has 218 valence electrons. The minimum absolute atomic E-state index is 0.132. The van der Waals surface area contributed by atoms with Crippen LogP contribution < -0.4 is 21.8 Å². The molecule has 0 amide bonds. The third-order valence-electron chi connectivity index (χ3n) is 5.02. The molecule has 39 heavy (non-hydrogen) atoms. The number of hydrogen-bond donors (Lipinski definition) is 8. The summed E-state index contributed by atoms with van der Waals surface area (Å²) in [5.41, 5.74) is -0.543.